The van der Waals surface area contributed by atoms with E-state index in [-0.39, 0.29) is 36.4 Å². The van der Waals surface area contributed by atoms with Crippen LogP contribution in [0.3, 0.4) is 0 Å². The highest BCUT2D eigenvalue weighted by atomic mass is 16.5. The number of hydrogen-bond donors (Lipinski definition) is 2. The zero-order valence-corrected chi connectivity index (χ0v) is 20.7. The molecule has 0 saturated heterocycles. The normalized spacial score (nSPS) is 14.3. The van der Waals surface area contributed by atoms with Crippen molar-refractivity contribution in [1.29, 1.82) is 0 Å². The van der Waals surface area contributed by atoms with Gasteiger partial charge in [-0.1, -0.05) is 31.4 Å². The smallest absolute Gasteiger partial charge is 0.271 e. The summed E-state index contributed by atoms with van der Waals surface area (Å²) in [4.78, 5) is 52.9. The minimum atomic E-state index is -0.684. The quantitative estimate of drug-likeness (QED) is 0.629. The summed E-state index contributed by atoms with van der Waals surface area (Å²) >= 11 is 0. The molecule has 9 nitrogen and oxygen atoms in total. The molecule has 0 unspecified atom stereocenters. The molecular formula is C27H28N4O5. The molecule has 0 aliphatic carbocycles. The van der Waals surface area contributed by atoms with Gasteiger partial charge in [-0.2, -0.15) is 0 Å². The highest BCUT2D eigenvalue weighted by molar-refractivity contribution is 6.08. The molecule has 2 aliphatic heterocycles. The van der Waals surface area contributed by atoms with E-state index in [4.69, 9.17) is 4.74 Å². The van der Waals surface area contributed by atoms with Gasteiger partial charge in [-0.3, -0.25) is 24.1 Å². The minimum Gasteiger partial charge on any atom is -0.482 e. The van der Waals surface area contributed by atoms with Crippen molar-refractivity contribution >= 4 is 29.3 Å². The Morgan fingerprint density at radius 3 is 2.50 bits per heavy atom. The number of rotatable bonds is 5. The molecule has 0 saturated carbocycles. The first-order valence-corrected chi connectivity index (χ1v) is 11.4. The van der Waals surface area contributed by atoms with E-state index >= 15 is 0 Å². The van der Waals surface area contributed by atoms with Crippen LogP contribution >= 0.6 is 0 Å². The van der Waals surface area contributed by atoms with Gasteiger partial charge in [0.1, 0.15) is 11.4 Å². The van der Waals surface area contributed by atoms with Crippen molar-refractivity contribution in [3.8, 4) is 16.9 Å². The molecular weight excluding hydrogens is 460 g/mol. The van der Waals surface area contributed by atoms with Gasteiger partial charge in [0, 0.05) is 18.2 Å². The molecule has 0 spiro atoms. The summed E-state index contributed by atoms with van der Waals surface area (Å²) in [7, 11) is 1.62. The molecule has 36 heavy (non-hydrogen) atoms. The first kappa shape index (κ1) is 24.7. The number of carbonyl (C=O) groups is 4. The summed E-state index contributed by atoms with van der Waals surface area (Å²) in [6.07, 6.45) is 0. The zero-order chi connectivity index (χ0) is 26.4. The lowest BCUT2D eigenvalue weighted by molar-refractivity contribution is -0.131. The maximum Gasteiger partial charge on any atom is 0.271 e. The Kier molecular flexibility index (Phi) is 6.17. The lowest BCUT2D eigenvalue weighted by Crippen LogP contribution is -2.46. The number of ether oxygens (including phenoxy) is 1. The van der Waals surface area contributed by atoms with E-state index in [0.29, 0.717) is 17.0 Å². The first-order valence-electron chi connectivity index (χ1n) is 11.4. The van der Waals surface area contributed by atoms with Crippen LogP contribution in [0.15, 0.2) is 61.0 Å². The van der Waals surface area contributed by atoms with Gasteiger partial charge in [-0.15, -0.1) is 0 Å². The lowest BCUT2D eigenvalue weighted by atomic mass is 9.96. The maximum absolute atomic E-state index is 13.2. The minimum absolute atomic E-state index is 0.0656. The van der Waals surface area contributed by atoms with Gasteiger partial charge < -0.3 is 20.3 Å². The van der Waals surface area contributed by atoms with E-state index in [1.165, 1.54) is 9.80 Å². The molecule has 9 heteroatoms. The number of likely N-dealkylation sites (N-methyl/N-ethyl adjacent to an activating group) is 1. The summed E-state index contributed by atoms with van der Waals surface area (Å²) in [5.41, 5.74) is 2.71. The van der Waals surface area contributed by atoms with Crippen LogP contribution in [-0.4, -0.2) is 52.6 Å². The van der Waals surface area contributed by atoms with E-state index in [0.717, 1.165) is 16.7 Å². The number of anilines is 1. The Hall–Kier alpha value is -4.40. The van der Waals surface area contributed by atoms with E-state index in [9.17, 15) is 19.2 Å². The predicted octanol–water partition coefficient (Wildman–Crippen LogP) is 3.04. The second-order valence-electron chi connectivity index (χ2n) is 9.69. The number of nitrogens with one attached hydrogen (secondary N) is 2. The van der Waals surface area contributed by atoms with Crippen LogP contribution in [-0.2, 0) is 20.9 Å². The molecule has 0 fully saturated rings. The number of amides is 4. The molecule has 0 radical (unpaired) electrons. The molecule has 0 atom stereocenters. The number of fused-ring (bicyclic) bond motifs is 2. The lowest BCUT2D eigenvalue weighted by Gasteiger charge is -2.32. The predicted molar refractivity (Wildman–Crippen MR) is 135 cm³/mol. The van der Waals surface area contributed by atoms with Crippen molar-refractivity contribution in [2.45, 2.75) is 32.9 Å². The van der Waals surface area contributed by atoms with Gasteiger partial charge in [0.25, 0.3) is 23.6 Å². The molecule has 2 aliphatic rings. The second kappa shape index (κ2) is 8.99. The fraction of sp³-hybridized carbons (Fsp3) is 0.259. The van der Waals surface area contributed by atoms with Crippen LogP contribution < -0.4 is 15.4 Å². The first-order chi connectivity index (χ1) is 16.9. The van der Waals surface area contributed by atoms with Crippen molar-refractivity contribution in [3.05, 3.63) is 72.1 Å². The van der Waals surface area contributed by atoms with Gasteiger partial charge in [0.05, 0.1) is 17.9 Å². The van der Waals surface area contributed by atoms with E-state index in [1.807, 2.05) is 32.9 Å². The maximum atomic E-state index is 13.2. The summed E-state index contributed by atoms with van der Waals surface area (Å²) in [6.45, 7) is 13.1. The van der Waals surface area contributed by atoms with Gasteiger partial charge in [0.15, 0.2) is 6.61 Å². The highest BCUT2D eigenvalue weighted by Crippen LogP contribution is 2.38. The highest BCUT2D eigenvalue weighted by Gasteiger charge is 2.34. The number of hydrogen-bond acceptors (Lipinski definition) is 5. The summed E-state index contributed by atoms with van der Waals surface area (Å²) in [5, 5.41) is 5.23. The third-order valence-corrected chi connectivity index (χ3v) is 6.31. The molecule has 4 rings (SSSR count). The third-order valence-electron chi connectivity index (χ3n) is 6.31. The van der Waals surface area contributed by atoms with Gasteiger partial charge in [-0.25, -0.2) is 0 Å². The molecule has 2 N–H and O–H groups in total. The average Bonchev–Trinajstić information content (AvgIpc) is 3.18. The molecule has 0 bridgehead atoms. The third kappa shape index (κ3) is 4.47. The van der Waals surface area contributed by atoms with Gasteiger partial charge >= 0.3 is 0 Å². The summed E-state index contributed by atoms with van der Waals surface area (Å²) < 4.78 is 5.53. The summed E-state index contributed by atoms with van der Waals surface area (Å²) in [6, 6.07) is 10.7. The van der Waals surface area contributed by atoms with Crippen molar-refractivity contribution in [3.63, 3.8) is 0 Å². The molecule has 4 amide bonds. The van der Waals surface area contributed by atoms with E-state index in [2.05, 4.69) is 23.8 Å². The van der Waals surface area contributed by atoms with Crippen LogP contribution in [0.1, 0.15) is 36.7 Å². The standard InChI is InChI=1S/C27H28N4O5/c1-15(25(34)30(6)27(3,4)5)28-24(33)16(2)31-13-20-18(8-7-9-19(20)26(31)35)17-10-11-21-22(12-17)36-14-23(32)29-21/h7-12H,1-2,13-14H2,3-6H3,(H,28,33)(H,29,32). The van der Waals surface area contributed by atoms with E-state index in [1.54, 1.807) is 31.3 Å². The zero-order valence-electron chi connectivity index (χ0n) is 20.7. The monoisotopic (exact) mass is 488 g/mol. The van der Waals surface area contributed by atoms with E-state index < -0.39 is 17.4 Å². The number of nitrogens with zero attached hydrogens (tertiary/aromatic N) is 2. The SMILES string of the molecule is C=C(NC(=O)C(=C)N1Cc2c(cccc2-c2ccc3c(c2)OCC(=O)N3)C1=O)C(=O)N(C)C(C)(C)C. The van der Waals surface area contributed by atoms with Crippen molar-refractivity contribution in [2.75, 3.05) is 19.0 Å². The number of carbonyl (C=O) groups excluding carboxylic acids is 4. The Balaban J connectivity index is 1.53. The Morgan fingerprint density at radius 2 is 1.81 bits per heavy atom. The second-order valence-corrected chi connectivity index (χ2v) is 9.69. The van der Waals surface area contributed by atoms with Crippen molar-refractivity contribution < 1.29 is 23.9 Å². The molecule has 2 aromatic carbocycles. The molecule has 0 aromatic heterocycles. The fourth-order valence-electron chi connectivity index (χ4n) is 3.96. The van der Waals surface area contributed by atoms with Crippen LogP contribution in [0.5, 0.6) is 5.75 Å². The van der Waals surface area contributed by atoms with Crippen molar-refractivity contribution in [1.82, 2.24) is 15.1 Å². The largest absolute Gasteiger partial charge is 0.482 e. The Morgan fingerprint density at radius 1 is 1.11 bits per heavy atom. The van der Waals surface area contributed by atoms with Crippen LogP contribution in [0.2, 0.25) is 0 Å². The van der Waals surface area contributed by atoms with Gasteiger partial charge in [-0.05, 0) is 55.7 Å². The summed E-state index contributed by atoms with van der Waals surface area (Å²) in [5.74, 6) is -1.16. The number of benzene rings is 2. The van der Waals surface area contributed by atoms with Crippen molar-refractivity contribution in [2.24, 2.45) is 0 Å². The van der Waals surface area contributed by atoms with Crippen LogP contribution in [0.25, 0.3) is 11.1 Å². The molecule has 186 valence electrons. The fourth-order valence-corrected chi connectivity index (χ4v) is 3.96. The Labute approximate surface area is 209 Å². The van der Waals surface area contributed by atoms with Crippen LogP contribution in [0.4, 0.5) is 5.69 Å². The molecule has 2 aromatic rings. The molecule has 2 heterocycles. The van der Waals surface area contributed by atoms with Crippen LogP contribution in [0, 0.1) is 0 Å². The average molecular weight is 489 g/mol. The Bertz CT molecular complexity index is 1340. The van der Waals surface area contributed by atoms with Gasteiger partial charge in [0.2, 0.25) is 0 Å². The topological polar surface area (TPSA) is 108 Å².